The summed E-state index contributed by atoms with van der Waals surface area (Å²) in [5.41, 5.74) is 2.16. The number of nitrogens with zero attached hydrogens (tertiary/aromatic N) is 1. The van der Waals surface area contributed by atoms with Crippen LogP contribution in [0.1, 0.15) is 31.4 Å². The molecule has 1 aliphatic carbocycles. The molecule has 3 nitrogen and oxygen atoms in total. The van der Waals surface area contributed by atoms with Crippen LogP contribution in [0.4, 0.5) is 0 Å². The molecule has 0 saturated heterocycles. The van der Waals surface area contributed by atoms with Crippen LogP contribution in [0.3, 0.4) is 0 Å². The normalized spacial score (nSPS) is 20.7. The zero-order valence-electron chi connectivity index (χ0n) is 10.6. The van der Waals surface area contributed by atoms with Crippen molar-refractivity contribution in [2.24, 2.45) is 5.41 Å². The molecule has 1 unspecified atom stereocenters. The molecule has 1 fully saturated rings. The van der Waals surface area contributed by atoms with Crippen molar-refractivity contribution >= 4 is 0 Å². The van der Waals surface area contributed by atoms with Gasteiger partial charge >= 0.3 is 0 Å². The van der Waals surface area contributed by atoms with E-state index >= 15 is 0 Å². The lowest BCUT2D eigenvalue weighted by Crippen LogP contribution is -2.19. The summed E-state index contributed by atoms with van der Waals surface area (Å²) in [5.74, 6) is 0.642. The number of hydrogen-bond acceptors (Lipinski definition) is 3. The van der Waals surface area contributed by atoms with E-state index in [2.05, 4.69) is 25.2 Å². The molecule has 0 spiro atoms. The fraction of sp³-hybridized carbons (Fsp3) is 0.500. The van der Waals surface area contributed by atoms with Crippen molar-refractivity contribution in [3.8, 4) is 11.8 Å². The van der Waals surface area contributed by atoms with Crippen molar-refractivity contribution in [3.05, 3.63) is 29.3 Å². The molecule has 0 radical (unpaired) electrons. The summed E-state index contributed by atoms with van der Waals surface area (Å²) in [6, 6.07) is 8.51. The van der Waals surface area contributed by atoms with Gasteiger partial charge < -0.3 is 10.1 Å². The molecule has 1 aliphatic rings. The predicted molar refractivity (Wildman–Crippen MR) is 66.7 cm³/mol. The Labute approximate surface area is 102 Å². The summed E-state index contributed by atoms with van der Waals surface area (Å²) in [6.07, 6.45) is 1.23. The van der Waals surface area contributed by atoms with Crippen molar-refractivity contribution < 1.29 is 4.74 Å². The summed E-state index contributed by atoms with van der Waals surface area (Å²) in [6.45, 7) is 5.34. The van der Waals surface area contributed by atoms with Crippen LogP contribution in [0.15, 0.2) is 18.2 Å². The van der Waals surface area contributed by atoms with Gasteiger partial charge in [0.1, 0.15) is 11.8 Å². The van der Waals surface area contributed by atoms with Crippen LogP contribution in [0, 0.1) is 16.7 Å². The standard InChI is InChI=1S/C14H18N2O/c1-14(2)7-13(14)16-9-10-4-5-12(17-3)11(6-10)8-15/h4-6,13,16H,7,9H2,1-3H3. The number of ether oxygens (including phenoxy) is 1. The first-order chi connectivity index (χ1) is 8.06. The average molecular weight is 230 g/mol. The van der Waals surface area contributed by atoms with Gasteiger partial charge in [-0.25, -0.2) is 0 Å². The predicted octanol–water partition coefficient (Wildman–Crippen LogP) is 2.45. The molecule has 1 saturated carbocycles. The molecule has 2 rings (SSSR count). The minimum absolute atomic E-state index is 0.435. The number of benzene rings is 1. The highest BCUT2D eigenvalue weighted by Crippen LogP contribution is 2.44. The summed E-state index contributed by atoms with van der Waals surface area (Å²) < 4.78 is 5.12. The van der Waals surface area contributed by atoms with Gasteiger partial charge in [-0.15, -0.1) is 0 Å². The lowest BCUT2D eigenvalue weighted by Gasteiger charge is -2.08. The first kappa shape index (κ1) is 11.9. The van der Waals surface area contributed by atoms with E-state index in [9.17, 15) is 0 Å². The fourth-order valence-corrected chi connectivity index (χ4v) is 2.01. The van der Waals surface area contributed by atoms with Crippen molar-refractivity contribution in [1.29, 1.82) is 5.26 Å². The van der Waals surface area contributed by atoms with Crippen molar-refractivity contribution in [1.82, 2.24) is 5.32 Å². The van der Waals surface area contributed by atoms with Crippen LogP contribution in [0.5, 0.6) is 5.75 Å². The molecule has 17 heavy (non-hydrogen) atoms. The monoisotopic (exact) mass is 230 g/mol. The number of rotatable bonds is 4. The van der Waals surface area contributed by atoms with Gasteiger partial charge in [-0.2, -0.15) is 5.26 Å². The lowest BCUT2D eigenvalue weighted by molar-refractivity contribution is 0.413. The molecular formula is C14H18N2O. The van der Waals surface area contributed by atoms with Gasteiger partial charge in [-0.05, 0) is 29.5 Å². The van der Waals surface area contributed by atoms with Crippen molar-refractivity contribution in [2.45, 2.75) is 32.9 Å². The van der Waals surface area contributed by atoms with Crippen LogP contribution >= 0.6 is 0 Å². The number of methoxy groups -OCH3 is 1. The molecular weight excluding hydrogens is 212 g/mol. The van der Waals surface area contributed by atoms with Gasteiger partial charge in [0.25, 0.3) is 0 Å². The molecule has 3 heteroatoms. The number of hydrogen-bond donors (Lipinski definition) is 1. The first-order valence-corrected chi connectivity index (χ1v) is 5.87. The second-order valence-corrected chi connectivity index (χ2v) is 5.27. The van der Waals surface area contributed by atoms with Gasteiger partial charge in [0, 0.05) is 12.6 Å². The van der Waals surface area contributed by atoms with E-state index in [4.69, 9.17) is 10.00 Å². The maximum Gasteiger partial charge on any atom is 0.136 e. The van der Waals surface area contributed by atoms with Gasteiger partial charge in [0.2, 0.25) is 0 Å². The Bertz CT molecular complexity index is 460. The van der Waals surface area contributed by atoms with Gasteiger partial charge in [-0.1, -0.05) is 19.9 Å². The lowest BCUT2D eigenvalue weighted by atomic mass is 10.1. The molecule has 0 aromatic heterocycles. The average Bonchev–Trinajstić information content (AvgIpc) is 2.94. The zero-order valence-corrected chi connectivity index (χ0v) is 10.6. The smallest absolute Gasteiger partial charge is 0.136 e. The third-order valence-corrected chi connectivity index (χ3v) is 3.45. The van der Waals surface area contributed by atoms with Crippen LogP contribution in [0.2, 0.25) is 0 Å². The quantitative estimate of drug-likeness (QED) is 0.864. The molecule has 0 amide bonds. The Morgan fingerprint density at radius 1 is 1.53 bits per heavy atom. The summed E-state index contributed by atoms with van der Waals surface area (Å²) in [4.78, 5) is 0. The van der Waals surface area contributed by atoms with E-state index in [-0.39, 0.29) is 0 Å². The fourth-order valence-electron chi connectivity index (χ4n) is 2.01. The minimum atomic E-state index is 0.435. The Morgan fingerprint density at radius 3 is 2.76 bits per heavy atom. The number of nitrogens with one attached hydrogen (secondary N) is 1. The van der Waals surface area contributed by atoms with E-state index in [1.165, 1.54) is 6.42 Å². The third-order valence-electron chi connectivity index (χ3n) is 3.45. The highest BCUT2D eigenvalue weighted by atomic mass is 16.5. The van der Waals surface area contributed by atoms with E-state index in [1.807, 2.05) is 18.2 Å². The Morgan fingerprint density at radius 2 is 2.24 bits per heavy atom. The third kappa shape index (κ3) is 2.59. The van der Waals surface area contributed by atoms with E-state index in [0.29, 0.717) is 22.8 Å². The maximum absolute atomic E-state index is 9.00. The Balaban J connectivity index is 2.00. The van der Waals surface area contributed by atoms with Crippen molar-refractivity contribution in [3.63, 3.8) is 0 Å². The second-order valence-electron chi connectivity index (χ2n) is 5.27. The van der Waals surface area contributed by atoms with Crippen molar-refractivity contribution in [2.75, 3.05) is 7.11 Å². The van der Waals surface area contributed by atoms with E-state index < -0.39 is 0 Å². The molecule has 0 aliphatic heterocycles. The van der Waals surface area contributed by atoms with Crippen LogP contribution in [-0.2, 0) is 6.54 Å². The second kappa shape index (κ2) is 4.38. The Kier molecular flexibility index (Phi) is 3.08. The van der Waals surface area contributed by atoms with E-state index in [0.717, 1.165) is 12.1 Å². The van der Waals surface area contributed by atoms with Gasteiger partial charge in [-0.3, -0.25) is 0 Å². The molecule has 1 atom stereocenters. The largest absolute Gasteiger partial charge is 0.495 e. The van der Waals surface area contributed by atoms with Gasteiger partial charge in [0.05, 0.1) is 12.7 Å². The summed E-state index contributed by atoms with van der Waals surface area (Å²) in [7, 11) is 1.58. The minimum Gasteiger partial charge on any atom is -0.495 e. The summed E-state index contributed by atoms with van der Waals surface area (Å²) >= 11 is 0. The molecule has 1 N–H and O–H groups in total. The SMILES string of the molecule is COc1ccc(CNC2CC2(C)C)cc1C#N. The molecule has 90 valence electrons. The highest BCUT2D eigenvalue weighted by molar-refractivity contribution is 5.45. The van der Waals surface area contributed by atoms with Gasteiger partial charge in [0.15, 0.2) is 0 Å². The molecule has 0 heterocycles. The topological polar surface area (TPSA) is 45.0 Å². The zero-order chi connectivity index (χ0) is 12.5. The highest BCUT2D eigenvalue weighted by Gasteiger charge is 2.44. The van der Waals surface area contributed by atoms with Crippen LogP contribution < -0.4 is 10.1 Å². The maximum atomic E-state index is 9.00. The molecule has 1 aromatic rings. The summed E-state index contributed by atoms with van der Waals surface area (Å²) in [5, 5.41) is 12.5. The molecule has 1 aromatic carbocycles. The van der Waals surface area contributed by atoms with E-state index in [1.54, 1.807) is 7.11 Å². The van der Waals surface area contributed by atoms with Crippen LogP contribution in [-0.4, -0.2) is 13.2 Å². The molecule has 0 bridgehead atoms. The first-order valence-electron chi connectivity index (χ1n) is 5.87. The number of nitriles is 1. The Hall–Kier alpha value is -1.53. The van der Waals surface area contributed by atoms with Crippen LogP contribution in [0.25, 0.3) is 0 Å².